The molecule has 1 heterocycles. The summed E-state index contributed by atoms with van der Waals surface area (Å²) >= 11 is -1.42. The van der Waals surface area contributed by atoms with Crippen molar-refractivity contribution in [1.29, 1.82) is 0 Å². The lowest BCUT2D eigenvalue weighted by atomic mass is 10.1. The molecular formula is C22H24F4N2O3S. The fourth-order valence-electron chi connectivity index (χ4n) is 3.70. The third-order valence-electron chi connectivity index (χ3n) is 5.29. The van der Waals surface area contributed by atoms with E-state index in [1.165, 1.54) is 6.07 Å². The Morgan fingerprint density at radius 2 is 1.78 bits per heavy atom. The highest BCUT2D eigenvalue weighted by Gasteiger charge is 2.34. The summed E-state index contributed by atoms with van der Waals surface area (Å²) < 4.78 is 66.5. The molecule has 0 saturated carbocycles. The van der Waals surface area contributed by atoms with Gasteiger partial charge in [0.2, 0.25) is 0 Å². The molecule has 1 atom stereocenters. The number of carbonyl (C=O) groups is 1. The van der Waals surface area contributed by atoms with Crippen molar-refractivity contribution in [3.8, 4) is 0 Å². The second kappa shape index (κ2) is 10.2. The van der Waals surface area contributed by atoms with Gasteiger partial charge in [0.1, 0.15) is 5.82 Å². The van der Waals surface area contributed by atoms with E-state index in [9.17, 15) is 26.9 Å². The van der Waals surface area contributed by atoms with Gasteiger partial charge in [-0.1, -0.05) is 12.1 Å². The first-order valence-electron chi connectivity index (χ1n) is 10.1. The molecule has 174 valence electrons. The Labute approximate surface area is 186 Å². The lowest BCUT2D eigenvalue weighted by Gasteiger charge is -2.34. The molecule has 1 unspecified atom stereocenters. The number of halogens is 4. The van der Waals surface area contributed by atoms with E-state index in [2.05, 4.69) is 4.90 Å². The van der Waals surface area contributed by atoms with Crippen LogP contribution in [0.5, 0.6) is 0 Å². The minimum Gasteiger partial charge on any atom is -0.593 e. The number of carboxylic acid groups (broad SMARTS) is 1. The molecule has 0 spiro atoms. The number of carboxylic acids is 1. The molecule has 1 aliphatic heterocycles. The Morgan fingerprint density at radius 3 is 2.38 bits per heavy atom. The van der Waals surface area contributed by atoms with E-state index in [1.54, 1.807) is 18.2 Å². The normalized spacial score (nSPS) is 16.8. The molecule has 1 saturated heterocycles. The van der Waals surface area contributed by atoms with Crippen molar-refractivity contribution in [3.63, 3.8) is 0 Å². The molecule has 1 N–H and O–H groups in total. The fourth-order valence-corrected chi connectivity index (χ4v) is 5.03. The zero-order valence-corrected chi connectivity index (χ0v) is 18.3. The zero-order chi connectivity index (χ0) is 23.5. The van der Waals surface area contributed by atoms with Crippen molar-refractivity contribution in [3.05, 3.63) is 64.5 Å². The molecule has 2 aromatic carbocycles. The Kier molecular flexibility index (Phi) is 7.81. The molecule has 0 radical (unpaired) electrons. The van der Waals surface area contributed by atoms with Gasteiger partial charge in [-0.3, -0.25) is 4.79 Å². The number of rotatable bonds is 7. The Hall–Kier alpha value is -2.14. The molecule has 0 aromatic heterocycles. The van der Waals surface area contributed by atoms with Crippen LogP contribution in [0, 0.1) is 12.7 Å². The van der Waals surface area contributed by atoms with E-state index >= 15 is 0 Å². The monoisotopic (exact) mass is 472 g/mol. The third-order valence-corrected chi connectivity index (χ3v) is 6.76. The predicted octanol–water partition coefficient (Wildman–Crippen LogP) is 3.66. The molecule has 1 aliphatic rings. The highest BCUT2D eigenvalue weighted by atomic mass is 32.2. The molecule has 2 aromatic rings. The van der Waals surface area contributed by atoms with E-state index < -0.39 is 34.9 Å². The zero-order valence-electron chi connectivity index (χ0n) is 17.5. The van der Waals surface area contributed by atoms with E-state index in [0.29, 0.717) is 55.2 Å². The number of alkyl halides is 3. The Morgan fingerprint density at radius 1 is 1.09 bits per heavy atom. The molecule has 0 aliphatic carbocycles. The largest absolute Gasteiger partial charge is 0.593 e. The lowest BCUT2D eigenvalue weighted by molar-refractivity contribution is -0.140. The number of aryl methyl sites for hydroxylation is 1. The van der Waals surface area contributed by atoms with Gasteiger partial charge in [0.25, 0.3) is 0 Å². The summed E-state index contributed by atoms with van der Waals surface area (Å²) in [6.45, 7) is 4.66. The maximum atomic E-state index is 13.7. The average molecular weight is 473 g/mol. The minimum atomic E-state index is -4.71. The van der Waals surface area contributed by atoms with Crippen molar-refractivity contribution in [2.24, 2.45) is 0 Å². The van der Waals surface area contributed by atoms with Gasteiger partial charge < -0.3 is 14.6 Å². The number of aliphatic carboxylic acids is 1. The number of piperazine rings is 1. The molecular weight excluding hydrogens is 448 g/mol. The van der Waals surface area contributed by atoms with Crippen LogP contribution < -0.4 is 0 Å². The van der Waals surface area contributed by atoms with Crippen LogP contribution in [0.25, 0.3) is 0 Å². The van der Waals surface area contributed by atoms with Crippen LogP contribution in [0.4, 0.5) is 17.6 Å². The van der Waals surface area contributed by atoms with Crippen molar-refractivity contribution in [2.45, 2.75) is 30.8 Å². The highest BCUT2D eigenvalue weighted by Crippen LogP contribution is 2.31. The summed E-state index contributed by atoms with van der Waals surface area (Å²) in [5, 5.41) is 9.00. The number of hydrogen-bond acceptors (Lipinski definition) is 4. The predicted molar refractivity (Wildman–Crippen MR) is 112 cm³/mol. The summed E-state index contributed by atoms with van der Waals surface area (Å²) in [6, 6.07) is 8.20. The summed E-state index contributed by atoms with van der Waals surface area (Å²) in [5.74, 6) is -2.22. The first kappa shape index (κ1) is 24.5. The number of nitrogens with zero attached hydrogens (tertiary/aromatic N) is 2. The molecule has 5 nitrogen and oxygen atoms in total. The topological polar surface area (TPSA) is 66.8 Å². The standard InChI is InChI=1S/C22H24F4N2O3S/c1-15-10-17(14-21(29)30)12-18(11-15)32(31)28-8-6-27(7-9-28)5-4-16-2-3-19(20(23)13-16)22(24,25)26/h2-3,10-13H,4-9,14H2,1H3,(H,29,30). The van der Waals surface area contributed by atoms with Gasteiger partial charge in [-0.05, 0) is 54.3 Å². The van der Waals surface area contributed by atoms with Gasteiger partial charge in [-0.15, -0.1) is 4.31 Å². The van der Waals surface area contributed by atoms with Gasteiger partial charge in [0, 0.05) is 19.6 Å². The molecule has 10 heteroatoms. The van der Waals surface area contributed by atoms with Crippen LogP contribution in [0.3, 0.4) is 0 Å². The molecule has 32 heavy (non-hydrogen) atoms. The van der Waals surface area contributed by atoms with Crippen LogP contribution in [-0.2, 0) is 35.2 Å². The van der Waals surface area contributed by atoms with Crippen molar-refractivity contribution in [2.75, 3.05) is 32.7 Å². The van der Waals surface area contributed by atoms with E-state index in [1.807, 2.05) is 11.2 Å². The van der Waals surface area contributed by atoms with Crippen LogP contribution in [0.1, 0.15) is 22.3 Å². The van der Waals surface area contributed by atoms with Crippen molar-refractivity contribution < 1.29 is 32.0 Å². The summed E-state index contributed by atoms with van der Waals surface area (Å²) in [4.78, 5) is 13.6. The lowest BCUT2D eigenvalue weighted by Crippen LogP contribution is -2.49. The number of hydrogen-bond donors (Lipinski definition) is 1. The Balaban J connectivity index is 1.54. The minimum absolute atomic E-state index is 0.135. The summed E-state index contributed by atoms with van der Waals surface area (Å²) in [5.41, 5.74) is 0.671. The quantitative estimate of drug-likeness (QED) is 0.492. The molecule has 0 amide bonds. The maximum absolute atomic E-state index is 13.7. The first-order chi connectivity index (χ1) is 15.0. The average Bonchev–Trinajstić information content (AvgIpc) is 2.70. The smallest absolute Gasteiger partial charge is 0.419 e. The molecule has 0 bridgehead atoms. The van der Waals surface area contributed by atoms with Gasteiger partial charge in [0.15, 0.2) is 4.90 Å². The SMILES string of the molecule is Cc1cc(CC(=O)O)cc([S+]([O-])N2CCN(CCc3ccc(C(F)(F)F)c(F)c3)CC2)c1. The van der Waals surface area contributed by atoms with E-state index in [-0.39, 0.29) is 6.42 Å². The molecule has 1 fully saturated rings. The summed E-state index contributed by atoms with van der Waals surface area (Å²) in [6.07, 6.45) is -4.43. The van der Waals surface area contributed by atoms with Gasteiger partial charge in [0.05, 0.1) is 36.4 Å². The van der Waals surface area contributed by atoms with Gasteiger partial charge >= 0.3 is 12.1 Å². The highest BCUT2D eigenvalue weighted by molar-refractivity contribution is 7.89. The fraction of sp³-hybridized carbons (Fsp3) is 0.409. The Bertz CT molecular complexity index is 963. The van der Waals surface area contributed by atoms with E-state index in [4.69, 9.17) is 5.11 Å². The van der Waals surface area contributed by atoms with Crippen LogP contribution in [0.15, 0.2) is 41.3 Å². The summed E-state index contributed by atoms with van der Waals surface area (Å²) in [7, 11) is 0. The van der Waals surface area contributed by atoms with Crippen LogP contribution >= 0.6 is 0 Å². The number of benzene rings is 2. The van der Waals surface area contributed by atoms with Gasteiger partial charge in [-0.25, -0.2) is 4.39 Å². The third kappa shape index (κ3) is 6.44. The molecule has 3 rings (SSSR count). The first-order valence-corrected chi connectivity index (χ1v) is 11.2. The second-order valence-electron chi connectivity index (χ2n) is 7.81. The van der Waals surface area contributed by atoms with Crippen LogP contribution in [-0.4, -0.2) is 57.6 Å². The second-order valence-corrected chi connectivity index (χ2v) is 9.29. The van der Waals surface area contributed by atoms with Crippen LogP contribution in [0.2, 0.25) is 0 Å². The van der Waals surface area contributed by atoms with E-state index in [0.717, 1.165) is 17.7 Å². The maximum Gasteiger partial charge on any atom is 0.419 e. The van der Waals surface area contributed by atoms with Gasteiger partial charge in [-0.2, -0.15) is 13.2 Å². The van der Waals surface area contributed by atoms with Crippen molar-refractivity contribution in [1.82, 2.24) is 9.21 Å². The van der Waals surface area contributed by atoms with Crippen molar-refractivity contribution >= 4 is 17.3 Å².